The van der Waals surface area contributed by atoms with Crippen LogP contribution in [0.3, 0.4) is 0 Å². The molecule has 3 rings (SSSR count). The summed E-state index contributed by atoms with van der Waals surface area (Å²) in [5.41, 5.74) is 0.302. The van der Waals surface area contributed by atoms with Crippen molar-refractivity contribution < 1.29 is 23.8 Å². The van der Waals surface area contributed by atoms with E-state index in [1.54, 1.807) is 24.3 Å². The molecule has 2 heterocycles. The largest absolute Gasteiger partial charge is 0.454 e. The summed E-state index contributed by atoms with van der Waals surface area (Å²) in [4.78, 5) is 24.2. The fourth-order valence-electron chi connectivity index (χ4n) is 1.77. The second-order valence-corrected chi connectivity index (χ2v) is 5.89. The van der Waals surface area contributed by atoms with Crippen molar-refractivity contribution in [2.45, 2.75) is 0 Å². The monoisotopic (exact) mass is 324 g/mol. The number of fused-ring (bicyclic) bond motifs is 1. The number of rotatable bonds is 4. The molecule has 0 fully saturated rings. The fourth-order valence-corrected chi connectivity index (χ4v) is 2.74. The van der Waals surface area contributed by atoms with Gasteiger partial charge in [-0.05, 0) is 30.3 Å². The molecule has 1 aliphatic rings. The minimum absolute atomic E-state index is 0.130. The summed E-state index contributed by atoms with van der Waals surface area (Å²) in [6.07, 6.45) is 0. The summed E-state index contributed by atoms with van der Waals surface area (Å²) in [7, 11) is 0. The second-order valence-electron chi connectivity index (χ2n) is 4.17. The molecule has 0 saturated carbocycles. The van der Waals surface area contributed by atoms with Gasteiger partial charge in [0, 0.05) is 0 Å². The van der Waals surface area contributed by atoms with Crippen molar-refractivity contribution in [1.82, 2.24) is 0 Å². The van der Waals surface area contributed by atoms with Gasteiger partial charge < -0.3 is 14.2 Å². The number of benzene rings is 1. The molecule has 0 radical (unpaired) electrons. The van der Waals surface area contributed by atoms with Crippen LogP contribution in [0.5, 0.6) is 11.5 Å². The van der Waals surface area contributed by atoms with Crippen molar-refractivity contribution in [2.24, 2.45) is 0 Å². The van der Waals surface area contributed by atoms with Gasteiger partial charge in [-0.1, -0.05) is 11.6 Å². The van der Waals surface area contributed by atoms with E-state index in [-0.39, 0.29) is 19.2 Å². The van der Waals surface area contributed by atoms with E-state index in [9.17, 15) is 9.59 Å². The quantitative estimate of drug-likeness (QED) is 0.638. The highest BCUT2D eigenvalue weighted by molar-refractivity contribution is 7.18. The Labute approximate surface area is 129 Å². The maximum Gasteiger partial charge on any atom is 0.338 e. The van der Waals surface area contributed by atoms with Gasteiger partial charge in [-0.3, -0.25) is 4.79 Å². The zero-order valence-corrected chi connectivity index (χ0v) is 12.2. The van der Waals surface area contributed by atoms with Crippen molar-refractivity contribution in [3.05, 3.63) is 45.1 Å². The molecule has 0 aliphatic carbocycles. The maximum absolute atomic E-state index is 11.9. The van der Waals surface area contributed by atoms with E-state index in [0.717, 1.165) is 11.3 Å². The molecule has 0 bridgehead atoms. The van der Waals surface area contributed by atoms with Crippen molar-refractivity contribution in [3.8, 4) is 11.5 Å². The van der Waals surface area contributed by atoms with E-state index >= 15 is 0 Å². The number of ether oxygens (including phenoxy) is 3. The van der Waals surface area contributed by atoms with Crippen LogP contribution < -0.4 is 9.47 Å². The van der Waals surface area contributed by atoms with E-state index in [2.05, 4.69) is 0 Å². The lowest BCUT2D eigenvalue weighted by atomic mass is 10.2. The van der Waals surface area contributed by atoms with E-state index in [1.165, 1.54) is 6.07 Å². The number of halogens is 1. The van der Waals surface area contributed by atoms with E-state index in [4.69, 9.17) is 25.8 Å². The first-order valence-corrected chi connectivity index (χ1v) is 7.18. The molecule has 1 aromatic carbocycles. The van der Waals surface area contributed by atoms with Gasteiger partial charge in [0.2, 0.25) is 12.6 Å². The number of hydrogen-bond acceptors (Lipinski definition) is 6. The van der Waals surface area contributed by atoms with Gasteiger partial charge in [-0.2, -0.15) is 0 Å². The molecule has 108 valence electrons. The summed E-state index contributed by atoms with van der Waals surface area (Å²) in [5, 5.41) is 0. The van der Waals surface area contributed by atoms with E-state index in [1.807, 2.05) is 0 Å². The highest BCUT2D eigenvalue weighted by Gasteiger charge is 2.18. The van der Waals surface area contributed by atoms with Crippen LogP contribution in [0.4, 0.5) is 0 Å². The molecule has 0 amide bonds. The van der Waals surface area contributed by atoms with Crippen LogP contribution in [0.25, 0.3) is 0 Å². The zero-order chi connectivity index (χ0) is 14.8. The number of carbonyl (C=O) groups excluding carboxylic acids is 2. The predicted molar refractivity (Wildman–Crippen MR) is 76.5 cm³/mol. The number of esters is 1. The summed E-state index contributed by atoms with van der Waals surface area (Å²) in [5.74, 6) is 0.182. The van der Waals surface area contributed by atoms with Gasteiger partial charge in [0.25, 0.3) is 0 Å². The summed E-state index contributed by atoms with van der Waals surface area (Å²) < 4.78 is 15.8. The number of hydrogen-bond donors (Lipinski definition) is 0. The number of ketones is 1. The van der Waals surface area contributed by atoms with Crippen LogP contribution in [0.15, 0.2) is 30.3 Å². The maximum atomic E-state index is 11.9. The van der Waals surface area contributed by atoms with E-state index < -0.39 is 5.97 Å². The molecule has 7 heteroatoms. The van der Waals surface area contributed by atoms with Crippen molar-refractivity contribution in [2.75, 3.05) is 13.4 Å². The fraction of sp³-hybridized carbons (Fsp3) is 0.143. The van der Waals surface area contributed by atoms with Gasteiger partial charge in [0.05, 0.1) is 14.8 Å². The summed E-state index contributed by atoms with van der Waals surface area (Å²) in [6, 6.07) is 7.93. The third-order valence-corrected chi connectivity index (χ3v) is 4.06. The number of thiophene rings is 1. The smallest absolute Gasteiger partial charge is 0.338 e. The Kier molecular flexibility index (Phi) is 3.81. The minimum atomic E-state index is -0.593. The van der Waals surface area contributed by atoms with Gasteiger partial charge in [0.15, 0.2) is 18.1 Å². The molecule has 0 atom stereocenters. The number of Topliss-reactive ketones (excluding diaryl/α,β-unsaturated/α-hetero) is 1. The lowest BCUT2D eigenvalue weighted by Crippen LogP contribution is -2.13. The molecule has 1 aromatic heterocycles. The molecule has 0 saturated heterocycles. The Morgan fingerprint density at radius 2 is 2.00 bits per heavy atom. The normalized spacial score (nSPS) is 12.2. The lowest BCUT2D eigenvalue weighted by Gasteiger charge is -2.04. The van der Waals surface area contributed by atoms with Crippen molar-refractivity contribution >= 4 is 34.7 Å². The van der Waals surface area contributed by atoms with E-state index in [0.29, 0.717) is 26.3 Å². The van der Waals surface area contributed by atoms with Gasteiger partial charge >= 0.3 is 5.97 Å². The standard InChI is InChI=1S/C14H9ClO5S/c15-13-4-3-12(21-13)9(16)6-18-14(17)8-1-2-10-11(5-8)20-7-19-10/h1-5H,6-7H2. The average molecular weight is 325 g/mol. The summed E-state index contributed by atoms with van der Waals surface area (Å²) in [6.45, 7) is -0.199. The lowest BCUT2D eigenvalue weighted by molar-refractivity contribution is 0.0475. The van der Waals surface area contributed by atoms with Gasteiger partial charge in [0.1, 0.15) is 0 Å². The molecule has 0 unspecified atom stereocenters. The highest BCUT2D eigenvalue weighted by Crippen LogP contribution is 2.32. The topological polar surface area (TPSA) is 61.8 Å². The molecule has 0 N–H and O–H groups in total. The Balaban J connectivity index is 1.63. The Morgan fingerprint density at radius 1 is 1.19 bits per heavy atom. The first-order chi connectivity index (χ1) is 10.1. The third-order valence-electron chi connectivity index (χ3n) is 2.79. The molecule has 0 spiro atoms. The highest BCUT2D eigenvalue weighted by atomic mass is 35.5. The van der Waals surface area contributed by atoms with Crippen LogP contribution in [0, 0.1) is 0 Å². The molecule has 21 heavy (non-hydrogen) atoms. The van der Waals surface area contributed by atoms with Gasteiger partial charge in [-0.15, -0.1) is 11.3 Å². The number of carbonyl (C=O) groups is 2. The minimum Gasteiger partial charge on any atom is -0.454 e. The predicted octanol–water partition coefficient (Wildman–Crippen LogP) is 3.17. The Bertz CT molecular complexity index is 709. The first kappa shape index (κ1) is 13.9. The van der Waals surface area contributed by atoms with Crippen LogP contribution in [0.1, 0.15) is 20.0 Å². The van der Waals surface area contributed by atoms with Crippen LogP contribution in [0.2, 0.25) is 4.34 Å². The first-order valence-electron chi connectivity index (χ1n) is 5.99. The molecule has 5 nitrogen and oxygen atoms in total. The Hall–Kier alpha value is -2.05. The van der Waals surface area contributed by atoms with Gasteiger partial charge in [-0.25, -0.2) is 4.79 Å². The molecular weight excluding hydrogens is 316 g/mol. The van der Waals surface area contributed by atoms with Crippen LogP contribution in [-0.4, -0.2) is 25.2 Å². The second kappa shape index (κ2) is 5.75. The van der Waals surface area contributed by atoms with Crippen molar-refractivity contribution in [1.29, 1.82) is 0 Å². The van der Waals surface area contributed by atoms with Crippen molar-refractivity contribution in [3.63, 3.8) is 0 Å². The van der Waals surface area contributed by atoms with Crippen LogP contribution in [-0.2, 0) is 4.74 Å². The average Bonchev–Trinajstić information content (AvgIpc) is 3.12. The zero-order valence-electron chi connectivity index (χ0n) is 10.6. The molecule has 2 aromatic rings. The third kappa shape index (κ3) is 3.01. The SMILES string of the molecule is O=C(OCC(=O)c1ccc(Cl)s1)c1ccc2c(c1)OCO2. The molecule has 1 aliphatic heterocycles. The Morgan fingerprint density at radius 3 is 2.76 bits per heavy atom. The summed E-state index contributed by atoms with van der Waals surface area (Å²) >= 11 is 6.90. The van der Waals surface area contributed by atoms with Crippen LogP contribution >= 0.6 is 22.9 Å². The molecular formula is C14H9ClO5S.